The quantitative estimate of drug-likeness (QED) is 0.562. The zero-order valence-electron chi connectivity index (χ0n) is 16.1. The Kier molecular flexibility index (Phi) is 5.06. The zero-order chi connectivity index (χ0) is 19.5. The molecule has 0 N–H and O–H groups in total. The zero-order valence-corrected chi connectivity index (χ0v) is 16.1. The molecule has 1 heterocycles. The first-order valence-corrected chi connectivity index (χ1v) is 9.36. The van der Waals surface area contributed by atoms with Crippen LogP contribution in [0.25, 0.3) is 17.0 Å². The van der Waals surface area contributed by atoms with Gasteiger partial charge in [-0.2, -0.15) is 0 Å². The van der Waals surface area contributed by atoms with Gasteiger partial charge in [-0.15, -0.1) is 0 Å². The number of hydrogen-bond acceptors (Lipinski definition) is 4. The molecule has 0 atom stereocenters. The highest BCUT2D eigenvalue weighted by Crippen LogP contribution is 2.30. The third kappa shape index (κ3) is 3.88. The van der Waals surface area contributed by atoms with Gasteiger partial charge in [0.05, 0.1) is 14.2 Å². The van der Waals surface area contributed by atoms with Gasteiger partial charge in [0.15, 0.2) is 11.3 Å². The van der Waals surface area contributed by atoms with Gasteiger partial charge in [-0.25, -0.2) is 0 Å². The van der Waals surface area contributed by atoms with Crippen molar-refractivity contribution in [1.82, 2.24) is 4.90 Å². The summed E-state index contributed by atoms with van der Waals surface area (Å²) in [5.41, 5.74) is 1.78. The van der Waals surface area contributed by atoms with Crippen molar-refractivity contribution in [1.29, 1.82) is 0 Å². The lowest BCUT2D eigenvalue weighted by molar-refractivity contribution is -0.127. The Morgan fingerprint density at radius 2 is 1.93 bits per heavy atom. The summed E-state index contributed by atoms with van der Waals surface area (Å²) in [6.07, 6.45) is 5.42. The predicted molar refractivity (Wildman–Crippen MR) is 108 cm³/mol. The van der Waals surface area contributed by atoms with Crippen LogP contribution in [0.1, 0.15) is 24.2 Å². The number of carbonyl (C=O) groups excluding carboxylic acids is 1. The molecule has 1 amide bonds. The monoisotopic (exact) mass is 377 g/mol. The van der Waals surface area contributed by atoms with Crippen LogP contribution in [0.15, 0.2) is 59.0 Å². The third-order valence-corrected chi connectivity index (χ3v) is 4.92. The van der Waals surface area contributed by atoms with Crippen molar-refractivity contribution < 1.29 is 18.7 Å². The predicted octanol–water partition coefficient (Wildman–Crippen LogP) is 4.65. The highest BCUT2D eigenvalue weighted by atomic mass is 16.5. The molecule has 144 valence electrons. The number of nitrogens with zero attached hydrogens (tertiary/aromatic N) is 1. The SMILES string of the molecule is COc1ccc(CN(C(=O)/C=C/c2cc3cccc(OC)c3o2)C2CC2)cc1. The average Bonchev–Trinajstić information content (AvgIpc) is 3.48. The second kappa shape index (κ2) is 7.80. The molecule has 4 rings (SSSR count). The molecular formula is C23H23NO4. The lowest BCUT2D eigenvalue weighted by Gasteiger charge is -2.21. The topological polar surface area (TPSA) is 51.9 Å². The molecule has 5 nitrogen and oxygen atoms in total. The summed E-state index contributed by atoms with van der Waals surface area (Å²) >= 11 is 0. The number of para-hydroxylation sites is 1. The van der Waals surface area contributed by atoms with Crippen molar-refractivity contribution in [2.75, 3.05) is 14.2 Å². The van der Waals surface area contributed by atoms with E-state index in [1.165, 1.54) is 0 Å². The number of benzene rings is 2. The standard InChI is InChI=1S/C23H23NO4/c1-26-19-10-6-16(7-11-19)15-24(18-8-9-18)22(25)13-12-20-14-17-4-3-5-21(27-2)23(17)28-20/h3-7,10-14,18H,8-9,15H2,1-2H3/b13-12+. The molecule has 0 bridgehead atoms. The molecule has 1 aliphatic carbocycles. The molecule has 0 radical (unpaired) electrons. The highest BCUT2D eigenvalue weighted by Gasteiger charge is 2.31. The maximum atomic E-state index is 12.8. The summed E-state index contributed by atoms with van der Waals surface area (Å²) < 4.78 is 16.4. The molecule has 28 heavy (non-hydrogen) atoms. The summed E-state index contributed by atoms with van der Waals surface area (Å²) in [6, 6.07) is 15.8. The molecule has 0 aliphatic heterocycles. The van der Waals surface area contributed by atoms with Crippen LogP contribution in [-0.2, 0) is 11.3 Å². The Hall–Kier alpha value is -3.21. The summed E-state index contributed by atoms with van der Waals surface area (Å²) in [5, 5.41) is 0.948. The number of fused-ring (bicyclic) bond motifs is 1. The van der Waals surface area contributed by atoms with Crippen molar-refractivity contribution >= 4 is 23.0 Å². The van der Waals surface area contributed by atoms with Crippen molar-refractivity contribution in [2.45, 2.75) is 25.4 Å². The Labute approximate surface area is 164 Å². The molecule has 2 aromatic carbocycles. The lowest BCUT2D eigenvalue weighted by atomic mass is 10.2. The van der Waals surface area contributed by atoms with Crippen LogP contribution < -0.4 is 9.47 Å². The average molecular weight is 377 g/mol. The number of amides is 1. The van der Waals surface area contributed by atoms with E-state index in [1.54, 1.807) is 26.4 Å². The number of furan rings is 1. The van der Waals surface area contributed by atoms with Gasteiger partial charge in [0.25, 0.3) is 0 Å². The molecule has 0 unspecified atom stereocenters. The minimum Gasteiger partial charge on any atom is -0.497 e. The van der Waals surface area contributed by atoms with E-state index >= 15 is 0 Å². The fourth-order valence-electron chi connectivity index (χ4n) is 3.25. The largest absolute Gasteiger partial charge is 0.497 e. The van der Waals surface area contributed by atoms with Gasteiger partial charge in [-0.05, 0) is 48.7 Å². The first kappa shape index (κ1) is 18.2. The van der Waals surface area contributed by atoms with Crippen LogP contribution in [-0.4, -0.2) is 31.1 Å². The molecule has 0 spiro atoms. The Morgan fingerprint density at radius 1 is 1.14 bits per heavy atom. The lowest BCUT2D eigenvalue weighted by Crippen LogP contribution is -2.31. The third-order valence-electron chi connectivity index (χ3n) is 4.92. The van der Waals surface area contributed by atoms with E-state index in [1.807, 2.05) is 53.4 Å². The Bertz CT molecular complexity index is 999. The fourth-order valence-corrected chi connectivity index (χ4v) is 3.25. The van der Waals surface area contributed by atoms with Gasteiger partial charge < -0.3 is 18.8 Å². The summed E-state index contributed by atoms with van der Waals surface area (Å²) in [4.78, 5) is 14.7. The summed E-state index contributed by atoms with van der Waals surface area (Å²) in [6.45, 7) is 0.589. The molecule has 3 aromatic rings. The Balaban J connectivity index is 1.50. The van der Waals surface area contributed by atoms with E-state index in [4.69, 9.17) is 13.9 Å². The van der Waals surface area contributed by atoms with Crippen molar-refractivity contribution in [3.05, 3.63) is 65.9 Å². The first-order chi connectivity index (χ1) is 13.7. The minimum atomic E-state index is -0.00857. The van der Waals surface area contributed by atoms with E-state index in [0.717, 1.165) is 29.5 Å². The fraction of sp³-hybridized carbons (Fsp3) is 0.261. The minimum absolute atomic E-state index is 0.00857. The molecule has 1 fully saturated rings. The van der Waals surface area contributed by atoms with E-state index in [2.05, 4.69) is 0 Å². The molecule has 1 aromatic heterocycles. The van der Waals surface area contributed by atoms with E-state index in [-0.39, 0.29) is 5.91 Å². The highest BCUT2D eigenvalue weighted by molar-refractivity contribution is 5.93. The molecule has 1 aliphatic rings. The van der Waals surface area contributed by atoms with E-state index in [9.17, 15) is 4.79 Å². The molecule has 1 saturated carbocycles. The van der Waals surface area contributed by atoms with Crippen molar-refractivity contribution in [3.63, 3.8) is 0 Å². The van der Waals surface area contributed by atoms with Crippen LogP contribution in [0.3, 0.4) is 0 Å². The second-order valence-corrected chi connectivity index (χ2v) is 6.91. The van der Waals surface area contributed by atoms with Gasteiger partial charge in [0.1, 0.15) is 11.5 Å². The number of methoxy groups -OCH3 is 2. The van der Waals surface area contributed by atoms with Crippen molar-refractivity contribution in [2.24, 2.45) is 0 Å². The van der Waals surface area contributed by atoms with Gasteiger partial charge in [-0.1, -0.05) is 24.3 Å². The van der Waals surface area contributed by atoms with Gasteiger partial charge >= 0.3 is 0 Å². The van der Waals surface area contributed by atoms with Crippen LogP contribution in [0, 0.1) is 0 Å². The maximum absolute atomic E-state index is 12.8. The van der Waals surface area contributed by atoms with Crippen LogP contribution in [0.2, 0.25) is 0 Å². The number of ether oxygens (including phenoxy) is 2. The number of rotatable bonds is 7. The van der Waals surface area contributed by atoms with Crippen LogP contribution in [0.4, 0.5) is 0 Å². The maximum Gasteiger partial charge on any atom is 0.247 e. The number of hydrogen-bond donors (Lipinski definition) is 0. The van der Waals surface area contributed by atoms with E-state index in [0.29, 0.717) is 29.7 Å². The summed E-state index contributed by atoms with van der Waals surface area (Å²) in [5.74, 6) is 2.12. The first-order valence-electron chi connectivity index (χ1n) is 9.36. The number of carbonyl (C=O) groups is 1. The van der Waals surface area contributed by atoms with Crippen LogP contribution in [0.5, 0.6) is 11.5 Å². The van der Waals surface area contributed by atoms with Crippen LogP contribution >= 0.6 is 0 Å². The normalized spacial score (nSPS) is 13.8. The van der Waals surface area contributed by atoms with E-state index < -0.39 is 0 Å². The summed E-state index contributed by atoms with van der Waals surface area (Å²) in [7, 11) is 3.26. The molecule has 5 heteroatoms. The van der Waals surface area contributed by atoms with Crippen molar-refractivity contribution in [3.8, 4) is 11.5 Å². The second-order valence-electron chi connectivity index (χ2n) is 6.91. The van der Waals surface area contributed by atoms with Gasteiger partial charge in [0, 0.05) is 24.0 Å². The smallest absolute Gasteiger partial charge is 0.247 e. The van der Waals surface area contributed by atoms with Gasteiger partial charge in [-0.3, -0.25) is 4.79 Å². The molecular weight excluding hydrogens is 354 g/mol. The van der Waals surface area contributed by atoms with Gasteiger partial charge in [0.2, 0.25) is 5.91 Å². The Morgan fingerprint density at radius 3 is 2.61 bits per heavy atom. The molecule has 0 saturated heterocycles.